The van der Waals surface area contributed by atoms with Gasteiger partial charge in [0.15, 0.2) is 0 Å². The second kappa shape index (κ2) is 7.21. The Balaban J connectivity index is 2.10. The van der Waals surface area contributed by atoms with Gasteiger partial charge in [0.1, 0.15) is 0 Å². The Morgan fingerprint density at radius 3 is 2.60 bits per heavy atom. The lowest BCUT2D eigenvalue weighted by molar-refractivity contribution is -0.00857. The summed E-state index contributed by atoms with van der Waals surface area (Å²) in [6.45, 7) is 4.85. The van der Waals surface area contributed by atoms with E-state index in [2.05, 4.69) is 31.3 Å². The van der Waals surface area contributed by atoms with Crippen molar-refractivity contribution in [2.24, 2.45) is 0 Å². The van der Waals surface area contributed by atoms with E-state index in [1.54, 1.807) is 0 Å². The van der Waals surface area contributed by atoms with E-state index >= 15 is 0 Å². The minimum absolute atomic E-state index is 0.0619. The molecule has 0 aliphatic heterocycles. The van der Waals surface area contributed by atoms with Crippen LogP contribution in [-0.2, 0) is 10.3 Å². The quantitative estimate of drug-likeness (QED) is 0.729. The summed E-state index contributed by atoms with van der Waals surface area (Å²) in [5.41, 5.74) is 0.642. The molecule has 0 saturated heterocycles. The molecule has 1 fully saturated rings. The van der Waals surface area contributed by atoms with Gasteiger partial charge in [0.25, 0.3) is 0 Å². The molecule has 0 amide bonds. The van der Waals surface area contributed by atoms with Crippen molar-refractivity contribution in [2.45, 2.75) is 57.2 Å². The molecule has 1 aromatic carbocycles. The van der Waals surface area contributed by atoms with Gasteiger partial charge < -0.3 is 15.2 Å². The Bertz CT molecular complexity index is 391. The molecule has 20 heavy (non-hydrogen) atoms. The maximum Gasteiger partial charge on any atom is 0.0908 e. The fraction of sp³-hybridized carbons (Fsp3) is 0.647. The van der Waals surface area contributed by atoms with Gasteiger partial charge in [0.2, 0.25) is 0 Å². The molecular weight excluding hydrogens is 250 g/mol. The summed E-state index contributed by atoms with van der Waals surface area (Å²) >= 11 is 0. The Morgan fingerprint density at radius 2 is 2.05 bits per heavy atom. The zero-order valence-electron chi connectivity index (χ0n) is 12.6. The van der Waals surface area contributed by atoms with Gasteiger partial charge >= 0.3 is 0 Å². The van der Waals surface area contributed by atoms with Crippen molar-refractivity contribution >= 4 is 0 Å². The number of ether oxygens (including phenoxy) is 1. The summed E-state index contributed by atoms with van der Waals surface area (Å²) in [5, 5.41) is 13.6. The molecule has 3 nitrogen and oxygen atoms in total. The average molecular weight is 277 g/mol. The summed E-state index contributed by atoms with van der Waals surface area (Å²) < 4.78 is 6.00. The van der Waals surface area contributed by atoms with Gasteiger partial charge in [-0.2, -0.15) is 0 Å². The standard InChI is InChI=1S/C17H27NO2/c1-3-7-14(2)20-13-17(12-19,18-16-10-11-16)15-8-5-4-6-9-15/h4-6,8-9,14,16,18-19H,3,7,10-13H2,1-2H3. The van der Waals surface area contributed by atoms with E-state index in [1.807, 2.05) is 18.2 Å². The van der Waals surface area contributed by atoms with E-state index in [9.17, 15) is 5.11 Å². The van der Waals surface area contributed by atoms with Gasteiger partial charge in [-0.05, 0) is 31.7 Å². The van der Waals surface area contributed by atoms with Gasteiger partial charge in [-0.15, -0.1) is 0 Å². The first kappa shape index (κ1) is 15.5. The smallest absolute Gasteiger partial charge is 0.0908 e. The topological polar surface area (TPSA) is 41.5 Å². The number of aliphatic hydroxyl groups is 1. The molecule has 2 unspecified atom stereocenters. The van der Waals surface area contributed by atoms with Crippen LogP contribution < -0.4 is 5.32 Å². The van der Waals surface area contributed by atoms with E-state index in [0.717, 1.165) is 18.4 Å². The first-order chi connectivity index (χ1) is 9.70. The number of nitrogens with one attached hydrogen (secondary N) is 1. The summed E-state index contributed by atoms with van der Waals surface area (Å²) in [6, 6.07) is 10.7. The number of benzene rings is 1. The molecule has 1 aliphatic rings. The van der Waals surface area contributed by atoms with Crippen LogP contribution in [0.5, 0.6) is 0 Å². The molecule has 1 aliphatic carbocycles. The van der Waals surface area contributed by atoms with Crippen LogP contribution in [0.15, 0.2) is 30.3 Å². The SMILES string of the molecule is CCCC(C)OCC(CO)(NC1CC1)c1ccccc1. The van der Waals surface area contributed by atoms with Crippen LogP contribution in [0.25, 0.3) is 0 Å². The molecule has 0 heterocycles. The van der Waals surface area contributed by atoms with Crippen molar-refractivity contribution in [3.8, 4) is 0 Å². The number of rotatable bonds is 9. The molecule has 112 valence electrons. The lowest BCUT2D eigenvalue weighted by Crippen LogP contribution is -2.51. The predicted octanol–water partition coefficient (Wildman–Crippen LogP) is 2.83. The summed E-state index contributed by atoms with van der Waals surface area (Å²) in [7, 11) is 0. The van der Waals surface area contributed by atoms with E-state index in [0.29, 0.717) is 12.6 Å². The van der Waals surface area contributed by atoms with Crippen molar-refractivity contribution in [3.63, 3.8) is 0 Å². The molecule has 2 rings (SSSR count). The fourth-order valence-corrected chi connectivity index (χ4v) is 2.54. The van der Waals surface area contributed by atoms with Crippen LogP contribution in [0.4, 0.5) is 0 Å². The second-order valence-electron chi connectivity index (χ2n) is 5.94. The molecule has 1 aromatic rings. The Kier molecular flexibility index (Phi) is 5.58. The monoisotopic (exact) mass is 277 g/mol. The summed E-state index contributed by atoms with van der Waals surface area (Å²) in [6.07, 6.45) is 4.79. The van der Waals surface area contributed by atoms with Gasteiger partial charge in [-0.3, -0.25) is 0 Å². The molecule has 2 atom stereocenters. The molecule has 0 radical (unpaired) electrons. The number of aliphatic hydroxyl groups excluding tert-OH is 1. The van der Waals surface area contributed by atoms with E-state index in [4.69, 9.17) is 4.74 Å². The maximum atomic E-state index is 10.0. The van der Waals surface area contributed by atoms with E-state index in [-0.39, 0.29) is 12.7 Å². The van der Waals surface area contributed by atoms with Crippen LogP contribution in [0.3, 0.4) is 0 Å². The maximum absolute atomic E-state index is 10.0. The van der Waals surface area contributed by atoms with Crippen LogP contribution >= 0.6 is 0 Å². The Hall–Kier alpha value is -0.900. The van der Waals surface area contributed by atoms with Crippen molar-refractivity contribution < 1.29 is 9.84 Å². The molecule has 1 saturated carbocycles. The zero-order valence-corrected chi connectivity index (χ0v) is 12.6. The lowest BCUT2D eigenvalue weighted by Gasteiger charge is -2.35. The van der Waals surface area contributed by atoms with Crippen LogP contribution in [0.2, 0.25) is 0 Å². The predicted molar refractivity (Wildman–Crippen MR) is 81.7 cm³/mol. The highest BCUT2D eigenvalue weighted by Gasteiger charge is 2.37. The van der Waals surface area contributed by atoms with Crippen LogP contribution in [-0.4, -0.2) is 30.5 Å². The third-order valence-electron chi connectivity index (χ3n) is 3.96. The first-order valence-electron chi connectivity index (χ1n) is 7.76. The van der Waals surface area contributed by atoms with Crippen molar-refractivity contribution in [1.29, 1.82) is 0 Å². The van der Waals surface area contributed by atoms with Crippen molar-refractivity contribution in [1.82, 2.24) is 5.32 Å². The van der Waals surface area contributed by atoms with Crippen LogP contribution in [0, 0.1) is 0 Å². The van der Waals surface area contributed by atoms with E-state index < -0.39 is 5.54 Å². The highest BCUT2D eigenvalue weighted by molar-refractivity contribution is 5.25. The second-order valence-corrected chi connectivity index (χ2v) is 5.94. The fourth-order valence-electron chi connectivity index (χ4n) is 2.54. The van der Waals surface area contributed by atoms with Crippen molar-refractivity contribution in [2.75, 3.05) is 13.2 Å². The zero-order chi connectivity index (χ0) is 14.4. The molecule has 3 heteroatoms. The van der Waals surface area contributed by atoms with Gasteiger partial charge in [0, 0.05) is 6.04 Å². The first-order valence-corrected chi connectivity index (χ1v) is 7.76. The molecule has 0 bridgehead atoms. The Labute approximate surface area is 122 Å². The van der Waals surface area contributed by atoms with Crippen molar-refractivity contribution in [3.05, 3.63) is 35.9 Å². The summed E-state index contributed by atoms with van der Waals surface area (Å²) in [4.78, 5) is 0. The minimum Gasteiger partial charge on any atom is -0.394 e. The number of hydrogen-bond acceptors (Lipinski definition) is 3. The van der Waals surface area contributed by atoms with Gasteiger partial charge in [-0.1, -0.05) is 43.7 Å². The highest BCUT2D eigenvalue weighted by atomic mass is 16.5. The third kappa shape index (κ3) is 4.05. The van der Waals surface area contributed by atoms with Gasteiger partial charge in [0.05, 0.1) is 24.9 Å². The third-order valence-corrected chi connectivity index (χ3v) is 3.96. The average Bonchev–Trinajstić information content (AvgIpc) is 3.29. The molecule has 0 aromatic heterocycles. The van der Waals surface area contributed by atoms with Gasteiger partial charge in [-0.25, -0.2) is 0 Å². The highest BCUT2D eigenvalue weighted by Crippen LogP contribution is 2.29. The normalized spacial score (nSPS) is 19.6. The largest absolute Gasteiger partial charge is 0.394 e. The van der Waals surface area contributed by atoms with E-state index in [1.165, 1.54) is 12.8 Å². The molecular formula is C17H27NO2. The summed E-state index contributed by atoms with van der Waals surface area (Å²) in [5.74, 6) is 0. The van der Waals surface area contributed by atoms with Crippen LogP contribution in [0.1, 0.15) is 45.1 Å². The number of hydrogen-bond donors (Lipinski definition) is 2. The Morgan fingerprint density at radius 1 is 1.35 bits per heavy atom. The lowest BCUT2D eigenvalue weighted by atomic mass is 9.91. The molecule has 2 N–H and O–H groups in total. The molecule has 0 spiro atoms. The minimum atomic E-state index is -0.468.